The zero-order valence-electron chi connectivity index (χ0n) is 13.0. The SMILES string of the molecule is COC(=O)c1cc(C(=O)O)cc(-c2c(C(F)F)sc3ccccc23)c1. The smallest absolute Gasteiger partial charge is 0.337 e. The largest absolute Gasteiger partial charge is 0.478 e. The van der Waals surface area contributed by atoms with Crippen molar-refractivity contribution in [2.75, 3.05) is 7.11 Å². The third kappa shape index (κ3) is 3.10. The molecule has 0 radical (unpaired) electrons. The van der Waals surface area contributed by atoms with Gasteiger partial charge in [0.25, 0.3) is 6.43 Å². The predicted octanol–water partition coefficient (Wildman–Crippen LogP) is 4.99. The van der Waals surface area contributed by atoms with Crippen molar-refractivity contribution >= 4 is 33.4 Å². The van der Waals surface area contributed by atoms with Crippen molar-refractivity contribution in [3.63, 3.8) is 0 Å². The molecule has 128 valence electrons. The number of thiophene rings is 1. The van der Waals surface area contributed by atoms with Gasteiger partial charge in [0.15, 0.2) is 0 Å². The van der Waals surface area contributed by atoms with Crippen molar-refractivity contribution in [2.24, 2.45) is 0 Å². The Balaban J connectivity index is 2.34. The fourth-order valence-corrected chi connectivity index (χ4v) is 3.73. The van der Waals surface area contributed by atoms with Crippen LogP contribution in [-0.2, 0) is 4.74 Å². The molecule has 0 saturated heterocycles. The first-order chi connectivity index (χ1) is 11.9. The second-order valence-electron chi connectivity index (χ2n) is 5.23. The second kappa shape index (κ2) is 6.60. The van der Waals surface area contributed by atoms with Crippen molar-refractivity contribution < 1.29 is 28.2 Å². The molecule has 1 aromatic heterocycles. The van der Waals surface area contributed by atoms with Crippen LogP contribution in [0.25, 0.3) is 21.2 Å². The first kappa shape index (κ1) is 17.0. The van der Waals surface area contributed by atoms with Gasteiger partial charge in [-0.3, -0.25) is 0 Å². The molecule has 4 nitrogen and oxygen atoms in total. The van der Waals surface area contributed by atoms with Gasteiger partial charge < -0.3 is 9.84 Å². The highest BCUT2D eigenvalue weighted by Gasteiger charge is 2.23. The van der Waals surface area contributed by atoms with Crippen LogP contribution < -0.4 is 0 Å². The van der Waals surface area contributed by atoms with E-state index in [-0.39, 0.29) is 27.1 Å². The quantitative estimate of drug-likeness (QED) is 0.664. The van der Waals surface area contributed by atoms with Crippen LogP contribution in [0.1, 0.15) is 32.0 Å². The lowest BCUT2D eigenvalue weighted by Gasteiger charge is -2.09. The molecule has 0 fully saturated rings. The molecule has 0 unspecified atom stereocenters. The highest BCUT2D eigenvalue weighted by molar-refractivity contribution is 7.19. The molecule has 0 aliphatic rings. The number of hydrogen-bond donors (Lipinski definition) is 1. The van der Waals surface area contributed by atoms with Gasteiger partial charge in [-0.2, -0.15) is 0 Å². The van der Waals surface area contributed by atoms with Gasteiger partial charge >= 0.3 is 11.9 Å². The lowest BCUT2D eigenvalue weighted by molar-refractivity contribution is 0.0600. The van der Waals surface area contributed by atoms with Gasteiger partial charge in [-0.05, 0) is 29.8 Å². The Morgan fingerprint density at radius 1 is 1.12 bits per heavy atom. The maximum Gasteiger partial charge on any atom is 0.337 e. The molecular weight excluding hydrogens is 350 g/mol. The molecule has 0 saturated carbocycles. The molecule has 2 aromatic carbocycles. The van der Waals surface area contributed by atoms with E-state index in [2.05, 4.69) is 4.74 Å². The number of carbonyl (C=O) groups excluding carboxylic acids is 1. The minimum Gasteiger partial charge on any atom is -0.478 e. The first-order valence-corrected chi connectivity index (χ1v) is 8.00. The highest BCUT2D eigenvalue weighted by atomic mass is 32.1. The van der Waals surface area contributed by atoms with Crippen molar-refractivity contribution in [3.05, 3.63) is 58.5 Å². The number of carboxylic acid groups (broad SMARTS) is 1. The minimum absolute atomic E-state index is 0.00658. The molecule has 0 spiro atoms. The number of hydrogen-bond acceptors (Lipinski definition) is 4. The van der Waals surface area contributed by atoms with Crippen LogP contribution in [0.3, 0.4) is 0 Å². The van der Waals surface area contributed by atoms with Gasteiger partial charge in [-0.15, -0.1) is 11.3 Å². The molecule has 0 aliphatic heterocycles. The second-order valence-corrected chi connectivity index (χ2v) is 6.32. The van der Waals surface area contributed by atoms with Crippen LogP contribution in [0.2, 0.25) is 0 Å². The average molecular weight is 362 g/mol. The van der Waals surface area contributed by atoms with E-state index in [1.807, 2.05) is 0 Å². The molecule has 1 N–H and O–H groups in total. The summed E-state index contributed by atoms with van der Waals surface area (Å²) >= 11 is 0.947. The van der Waals surface area contributed by atoms with Gasteiger partial charge in [0, 0.05) is 15.6 Å². The van der Waals surface area contributed by atoms with Crippen molar-refractivity contribution in [3.8, 4) is 11.1 Å². The van der Waals surface area contributed by atoms with Gasteiger partial charge in [0.2, 0.25) is 0 Å². The standard InChI is InChI=1S/C18H12F2O4S/c1-24-18(23)11-7-9(6-10(8-11)17(21)22)14-12-4-2-3-5-13(12)25-15(14)16(19)20/h2-8,16H,1H3,(H,21,22). The van der Waals surface area contributed by atoms with Crippen LogP contribution in [0.4, 0.5) is 8.78 Å². The Morgan fingerprint density at radius 2 is 1.80 bits per heavy atom. The summed E-state index contributed by atoms with van der Waals surface area (Å²) in [5.41, 5.74) is 0.304. The molecular formula is C18H12F2O4S. The predicted molar refractivity (Wildman–Crippen MR) is 90.5 cm³/mol. The summed E-state index contributed by atoms with van der Waals surface area (Å²) in [7, 11) is 1.17. The van der Waals surface area contributed by atoms with Crippen LogP contribution in [-0.4, -0.2) is 24.2 Å². The number of methoxy groups -OCH3 is 1. The van der Waals surface area contributed by atoms with E-state index >= 15 is 0 Å². The third-order valence-electron chi connectivity index (χ3n) is 3.71. The molecule has 25 heavy (non-hydrogen) atoms. The number of halogens is 2. The van der Waals surface area contributed by atoms with E-state index in [0.717, 1.165) is 17.4 Å². The normalized spacial score (nSPS) is 11.0. The number of ether oxygens (including phenoxy) is 1. The van der Waals surface area contributed by atoms with E-state index < -0.39 is 18.4 Å². The summed E-state index contributed by atoms with van der Waals surface area (Å²) < 4.78 is 32.4. The summed E-state index contributed by atoms with van der Waals surface area (Å²) in [4.78, 5) is 23.0. The third-order valence-corrected chi connectivity index (χ3v) is 4.89. The number of aromatic carboxylic acids is 1. The molecule has 1 heterocycles. The van der Waals surface area contributed by atoms with Crippen LogP contribution in [0.15, 0.2) is 42.5 Å². The number of fused-ring (bicyclic) bond motifs is 1. The summed E-state index contributed by atoms with van der Waals surface area (Å²) in [5.74, 6) is -1.99. The lowest BCUT2D eigenvalue weighted by atomic mass is 9.97. The molecule has 0 amide bonds. The number of esters is 1. The Morgan fingerprint density at radius 3 is 2.44 bits per heavy atom. The van der Waals surface area contributed by atoms with E-state index in [0.29, 0.717) is 10.1 Å². The molecule has 0 atom stereocenters. The number of carboxylic acids is 1. The zero-order chi connectivity index (χ0) is 18.1. The van der Waals surface area contributed by atoms with Gasteiger partial charge in [0.05, 0.1) is 23.1 Å². The fourth-order valence-electron chi connectivity index (χ4n) is 2.65. The first-order valence-electron chi connectivity index (χ1n) is 7.19. The Kier molecular flexibility index (Phi) is 4.50. The van der Waals surface area contributed by atoms with E-state index in [1.165, 1.54) is 19.2 Å². The molecule has 3 rings (SSSR count). The number of benzene rings is 2. The topological polar surface area (TPSA) is 63.6 Å². The fraction of sp³-hybridized carbons (Fsp3) is 0.111. The Bertz CT molecular complexity index is 978. The number of carbonyl (C=O) groups is 2. The van der Waals surface area contributed by atoms with Crippen molar-refractivity contribution in [2.45, 2.75) is 6.43 Å². The summed E-state index contributed by atoms with van der Waals surface area (Å²) in [5, 5.41) is 9.86. The van der Waals surface area contributed by atoms with Gasteiger partial charge in [-0.25, -0.2) is 18.4 Å². The molecule has 0 aliphatic carbocycles. The highest BCUT2D eigenvalue weighted by Crippen LogP contribution is 2.43. The summed E-state index contributed by atoms with van der Waals surface area (Å²) in [6.45, 7) is 0. The molecule has 3 aromatic rings. The zero-order valence-corrected chi connectivity index (χ0v) is 13.8. The van der Waals surface area contributed by atoms with Gasteiger partial charge in [-0.1, -0.05) is 18.2 Å². The maximum atomic E-state index is 13.5. The van der Waals surface area contributed by atoms with Crippen molar-refractivity contribution in [1.82, 2.24) is 0 Å². The Labute approximate surface area is 145 Å². The minimum atomic E-state index is -2.72. The van der Waals surface area contributed by atoms with E-state index in [1.54, 1.807) is 24.3 Å². The van der Waals surface area contributed by atoms with Crippen LogP contribution in [0.5, 0.6) is 0 Å². The average Bonchev–Trinajstić information content (AvgIpc) is 3.00. The van der Waals surface area contributed by atoms with Crippen LogP contribution >= 0.6 is 11.3 Å². The molecule has 7 heteroatoms. The van der Waals surface area contributed by atoms with Crippen LogP contribution in [0, 0.1) is 0 Å². The van der Waals surface area contributed by atoms with E-state index in [9.17, 15) is 23.5 Å². The van der Waals surface area contributed by atoms with Crippen molar-refractivity contribution in [1.29, 1.82) is 0 Å². The number of rotatable bonds is 4. The maximum absolute atomic E-state index is 13.5. The van der Waals surface area contributed by atoms with E-state index in [4.69, 9.17) is 0 Å². The summed E-state index contributed by atoms with van der Waals surface area (Å²) in [6.07, 6.45) is -2.72. The number of alkyl halides is 2. The molecule has 0 bridgehead atoms. The Hall–Kier alpha value is -2.80. The monoisotopic (exact) mass is 362 g/mol. The lowest BCUT2D eigenvalue weighted by Crippen LogP contribution is -2.05. The van der Waals surface area contributed by atoms with Gasteiger partial charge in [0.1, 0.15) is 0 Å². The summed E-state index contributed by atoms with van der Waals surface area (Å²) in [6, 6.07) is 10.7.